The monoisotopic (exact) mass is 303 g/mol. The highest BCUT2D eigenvalue weighted by Gasteiger charge is 2.09. The topological polar surface area (TPSA) is 29.5 Å². The first kappa shape index (κ1) is 17.0. The first-order chi connectivity index (χ1) is 10.9. The van der Waals surface area contributed by atoms with Crippen LogP contribution in [0.15, 0.2) is 24.3 Å². The van der Waals surface area contributed by atoms with E-state index in [2.05, 4.69) is 4.90 Å². The van der Waals surface area contributed by atoms with Crippen LogP contribution in [0, 0.1) is 0 Å². The molecule has 1 aromatic rings. The summed E-state index contributed by atoms with van der Waals surface area (Å²) >= 11 is 0. The molecule has 0 spiro atoms. The Balaban J connectivity index is 1.39. The van der Waals surface area contributed by atoms with Crippen molar-refractivity contribution >= 4 is 6.29 Å². The number of hydrogen-bond donors (Lipinski definition) is 0. The molecule has 1 fully saturated rings. The first-order valence-corrected chi connectivity index (χ1v) is 8.79. The van der Waals surface area contributed by atoms with E-state index in [0.717, 1.165) is 25.1 Å². The van der Waals surface area contributed by atoms with Gasteiger partial charge < -0.3 is 9.64 Å². The Morgan fingerprint density at radius 3 is 2.23 bits per heavy atom. The largest absolute Gasteiger partial charge is 0.494 e. The fraction of sp³-hybridized carbons (Fsp3) is 0.632. The summed E-state index contributed by atoms with van der Waals surface area (Å²) in [4.78, 5) is 13.2. The molecule has 0 amide bonds. The Bertz CT molecular complexity index is 410. The van der Waals surface area contributed by atoms with Gasteiger partial charge in [0, 0.05) is 5.56 Å². The average molecular weight is 303 g/mol. The minimum absolute atomic E-state index is 0.696. The van der Waals surface area contributed by atoms with Crippen molar-refractivity contribution in [2.75, 3.05) is 26.2 Å². The van der Waals surface area contributed by atoms with Crippen molar-refractivity contribution in [2.45, 2.75) is 51.4 Å². The van der Waals surface area contributed by atoms with E-state index in [4.69, 9.17) is 4.74 Å². The summed E-state index contributed by atoms with van der Waals surface area (Å²) in [5.41, 5.74) is 0.696. The fourth-order valence-corrected chi connectivity index (χ4v) is 2.98. The summed E-state index contributed by atoms with van der Waals surface area (Å²) in [6.07, 6.45) is 11.4. The zero-order valence-corrected chi connectivity index (χ0v) is 13.6. The van der Waals surface area contributed by atoms with E-state index in [1.54, 1.807) is 12.1 Å². The second-order valence-electron chi connectivity index (χ2n) is 6.21. The maximum absolute atomic E-state index is 10.6. The van der Waals surface area contributed by atoms with Crippen molar-refractivity contribution in [1.29, 1.82) is 0 Å². The number of rotatable bonds is 11. The minimum atomic E-state index is 0.696. The molecule has 1 heterocycles. The van der Waals surface area contributed by atoms with E-state index in [1.165, 1.54) is 64.6 Å². The highest BCUT2D eigenvalue weighted by atomic mass is 16.5. The molecule has 0 radical (unpaired) electrons. The van der Waals surface area contributed by atoms with Gasteiger partial charge in [-0.05, 0) is 69.6 Å². The van der Waals surface area contributed by atoms with Crippen LogP contribution in [0.2, 0.25) is 0 Å². The Kier molecular flexibility index (Phi) is 8.03. The summed E-state index contributed by atoms with van der Waals surface area (Å²) in [5.74, 6) is 0.858. The van der Waals surface area contributed by atoms with E-state index in [1.807, 2.05) is 12.1 Å². The molecule has 0 aliphatic carbocycles. The van der Waals surface area contributed by atoms with Crippen LogP contribution in [-0.4, -0.2) is 37.4 Å². The van der Waals surface area contributed by atoms with Gasteiger partial charge in [0.15, 0.2) is 0 Å². The number of hydrogen-bond acceptors (Lipinski definition) is 3. The molecule has 122 valence electrons. The van der Waals surface area contributed by atoms with E-state index in [-0.39, 0.29) is 0 Å². The van der Waals surface area contributed by atoms with Gasteiger partial charge in [-0.3, -0.25) is 4.79 Å². The smallest absolute Gasteiger partial charge is 0.150 e. The molecule has 22 heavy (non-hydrogen) atoms. The van der Waals surface area contributed by atoms with Gasteiger partial charge >= 0.3 is 0 Å². The van der Waals surface area contributed by atoms with Crippen LogP contribution in [0.25, 0.3) is 0 Å². The third kappa shape index (κ3) is 6.61. The van der Waals surface area contributed by atoms with Gasteiger partial charge in [-0.15, -0.1) is 0 Å². The molecule has 0 saturated carbocycles. The normalized spacial score (nSPS) is 15.1. The molecule has 3 heteroatoms. The lowest BCUT2D eigenvalue weighted by molar-refractivity contribution is 0.112. The van der Waals surface area contributed by atoms with Gasteiger partial charge in [-0.1, -0.05) is 25.7 Å². The van der Waals surface area contributed by atoms with Crippen molar-refractivity contribution in [3.8, 4) is 5.75 Å². The Hall–Kier alpha value is -1.35. The van der Waals surface area contributed by atoms with E-state index in [9.17, 15) is 4.79 Å². The van der Waals surface area contributed by atoms with Gasteiger partial charge in [0.1, 0.15) is 12.0 Å². The molecular formula is C19H29NO2. The molecule has 1 aliphatic rings. The fourth-order valence-electron chi connectivity index (χ4n) is 2.98. The lowest BCUT2D eigenvalue weighted by Crippen LogP contribution is -2.20. The molecule has 0 aromatic heterocycles. The number of nitrogens with zero attached hydrogens (tertiary/aromatic N) is 1. The van der Waals surface area contributed by atoms with Crippen LogP contribution in [0.1, 0.15) is 61.7 Å². The number of benzene rings is 1. The second-order valence-corrected chi connectivity index (χ2v) is 6.21. The zero-order chi connectivity index (χ0) is 15.5. The minimum Gasteiger partial charge on any atom is -0.494 e. The number of aldehydes is 1. The number of unbranched alkanes of at least 4 members (excludes halogenated alkanes) is 5. The third-order valence-corrected chi connectivity index (χ3v) is 4.35. The van der Waals surface area contributed by atoms with Crippen LogP contribution in [0.4, 0.5) is 0 Å². The molecule has 1 saturated heterocycles. The van der Waals surface area contributed by atoms with E-state index in [0.29, 0.717) is 5.56 Å². The summed E-state index contributed by atoms with van der Waals surface area (Å²) < 4.78 is 5.68. The molecule has 1 aromatic carbocycles. The Morgan fingerprint density at radius 2 is 1.55 bits per heavy atom. The molecular weight excluding hydrogens is 274 g/mol. The molecule has 0 unspecified atom stereocenters. The second kappa shape index (κ2) is 10.4. The van der Waals surface area contributed by atoms with Crippen molar-refractivity contribution in [2.24, 2.45) is 0 Å². The summed E-state index contributed by atoms with van der Waals surface area (Å²) in [5, 5.41) is 0. The summed E-state index contributed by atoms with van der Waals surface area (Å²) in [7, 11) is 0. The van der Waals surface area contributed by atoms with Crippen molar-refractivity contribution in [3.63, 3.8) is 0 Å². The Labute approximate surface area is 134 Å². The van der Waals surface area contributed by atoms with Crippen LogP contribution in [0.5, 0.6) is 5.75 Å². The van der Waals surface area contributed by atoms with Gasteiger partial charge in [0.25, 0.3) is 0 Å². The molecule has 1 aliphatic heterocycles. The quantitative estimate of drug-likeness (QED) is 0.450. The van der Waals surface area contributed by atoms with E-state index < -0.39 is 0 Å². The summed E-state index contributed by atoms with van der Waals surface area (Å²) in [6.45, 7) is 4.73. The van der Waals surface area contributed by atoms with Crippen molar-refractivity contribution < 1.29 is 9.53 Å². The lowest BCUT2D eigenvalue weighted by atomic mass is 10.1. The van der Waals surface area contributed by atoms with Crippen LogP contribution in [-0.2, 0) is 0 Å². The van der Waals surface area contributed by atoms with Crippen LogP contribution in [0.3, 0.4) is 0 Å². The van der Waals surface area contributed by atoms with Gasteiger partial charge in [0.2, 0.25) is 0 Å². The predicted octanol–water partition coefficient (Wildman–Crippen LogP) is 4.31. The van der Waals surface area contributed by atoms with Crippen LogP contribution < -0.4 is 4.74 Å². The van der Waals surface area contributed by atoms with Gasteiger partial charge in [-0.25, -0.2) is 0 Å². The van der Waals surface area contributed by atoms with Gasteiger partial charge in [0.05, 0.1) is 6.61 Å². The third-order valence-electron chi connectivity index (χ3n) is 4.35. The number of ether oxygens (including phenoxy) is 1. The molecule has 2 rings (SSSR count). The highest BCUT2D eigenvalue weighted by Crippen LogP contribution is 2.13. The van der Waals surface area contributed by atoms with Crippen LogP contribution >= 0.6 is 0 Å². The predicted molar refractivity (Wildman–Crippen MR) is 90.7 cm³/mol. The highest BCUT2D eigenvalue weighted by molar-refractivity contribution is 5.74. The van der Waals surface area contributed by atoms with Gasteiger partial charge in [-0.2, -0.15) is 0 Å². The first-order valence-electron chi connectivity index (χ1n) is 8.79. The average Bonchev–Trinajstić information content (AvgIpc) is 3.07. The maximum atomic E-state index is 10.6. The van der Waals surface area contributed by atoms with Crippen molar-refractivity contribution in [1.82, 2.24) is 4.90 Å². The lowest BCUT2D eigenvalue weighted by Gasteiger charge is -2.13. The number of carbonyl (C=O) groups is 1. The standard InChI is InChI=1S/C19H29NO2/c21-17-18-9-11-19(12-10-18)22-16-8-4-2-1-3-5-13-20-14-6-7-15-20/h9-12,17H,1-8,13-16H2. The molecule has 0 atom stereocenters. The molecule has 0 N–H and O–H groups in total. The van der Waals surface area contributed by atoms with E-state index >= 15 is 0 Å². The summed E-state index contributed by atoms with van der Waals surface area (Å²) in [6, 6.07) is 7.32. The molecule has 3 nitrogen and oxygen atoms in total. The maximum Gasteiger partial charge on any atom is 0.150 e. The van der Waals surface area contributed by atoms with Crippen molar-refractivity contribution in [3.05, 3.63) is 29.8 Å². The number of likely N-dealkylation sites (tertiary alicyclic amines) is 1. The number of carbonyl (C=O) groups excluding carboxylic acids is 1. The Morgan fingerprint density at radius 1 is 0.909 bits per heavy atom. The zero-order valence-electron chi connectivity index (χ0n) is 13.6. The molecule has 0 bridgehead atoms. The SMILES string of the molecule is O=Cc1ccc(OCCCCCCCCN2CCCC2)cc1.